The van der Waals surface area contributed by atoms with Crippen LogP contribution in [-0.2, 0) is 9.53 Å². The van der Waals surface area contributed by atoms with Crippen LogP contribution in [0.25, 0.3) is 0 Å². The predicted molar refractivity (Wildman–Crippen MR) is 78.9 cm³/mol. The number of hydrogen-bond donors (Lipinski definition) is 0. The highest BCUT2D eigenvalue weighted by Gasteiger charge is 2.29. The molecular weight excluding hydrogens is 280 g/mol. The number of carbonyl (C=O) groups is 2. The number of likely N-dealkylation sites (tertiary alicyclic amines) is 1. The second kappa shape index (κ2) is 7.16. The zero-order valence-electron chi connectivity index (χ0n) is 12.8. The number of rotatable bonds is 5. The normalized spacial score (nSPS) is 19.4. The fourth-order valence-electron chi connectivity index (χ4n) is 2.07. The average Bonchev–Trinajstić information content (AvgIpc) is 2.60. The fourth-order valence-corrected chi connectivity index (χ4v) is 2.37. The van der Waals surface area contributed by atoms with Gasteiger partial charge in [-0.1, -0.05) is 6.92 Å². The lowest BCUT2D eigenvalue weighted by Gasteiger charge is -2.28. The molecular formula is C14H25ClN2O3. The van der Waals surface area contributed by atoms with Crippen LogP contribution in [-0.4, -0.2) is 59.0 Å². The summed E-state index contributed by atoms with van der Waals surface area (Å²) in [5.41, 5.74) is -0.506. The molecule has 2 amide bonds. The van der Waals surface area contributed by atoms with Crippen molar-refractivity contribution < 1.29 is 14.3 Å². The van der Waals surface area contributed by atoms with Crippen LogP contribution in [0, 0.1) is 0 Å². The molecule has 0 radical (unpaired) electrons. The summed E-state index contributed by atoms with van der Waals surface area (Å²) in [4.78, 5) is 27.1. The van der Waals surface area contributed by atoms with Crippen molar-refractivity contribution >= 4 is 23.6 Å². The van der Waals surface area contributed by atoms with Gasteiger partial charge in [0.05, 0.1) is 5.38 Å². The molecule has 5 nitrogen and oxygen atoms in total. The summed E-state index contributed by atoms with van der Waals surface area (Å²) in [5.74, 6) is 0.0608. The summed E-state index contributed by atoms with van der Waals surface area (Å²) in [6, 6.07) is 0. The van der Waals surface area contributed by atoms with Crippen molar-refractivity contribution in [3.63, 3.8) is 0 Å². The highest BCUT2D eigenvalue weighted by atomic mass is 35.5. The summed E-state index contributed by atoms with van der Waals surface area (Å²) in [7, 11) is 0. The first kappa shape index (κ1) is 17.1. The smallest absolute Gasteiger partial charge is 0.410 e. The lowest BCUT2D eigenvalue weighted by molar-refractivity contribution is -0.127. The molecule has 0 aromatic heterocycles. The van der Waals surface area contributed by atoms with Crippen LogP contribution in [0.2, 0.25) is 0 Å². The van der Waals surface area contributed by atoms with E-state index in [1.165, 1.54) is 0 Å². The van der Waals surface area contributed by atoms with Gasteiger partial charge in [0.1, 0.15) is 5.60 Å². The summed E-state index contributed by atoms with van der Waals surface area (Å²) in [6.07, 6.45) is 0.918. The van der Waals surface area contributed by atoms with E-state index in [0.717, 1.165) is 6.42 Å². The molecule has 0 aromatic rings. The molecule has 116 valence electrons. The van der Waals surface area contributed by atoms with E-state index < -0.39 is 5.60 Å². The Labute approximate surface area is 126 Å². The number of amides is 2. The Bertz CT molecular complexity index is 355. The van der Waals surface area contributed by atoms with Gasteiger partial charge in [-0.25, -0.2) is 4.79 Å². The largest absolute Gasteiger partial charge is 0.444 e. The van der Waals surface area contributed by atoms with E-state index in [2.05, 4.69) is 0 Å². The molecule has 1 saturated heterocycles. The first-order chi connectivity index (χ1) is 9.23. The maximum atomic E-state index is 12.1. The van der Waals surface area contributed by atoms with E-state index in [4.69, 9.17) is 16.3 Å². The van der Waals surface area contributed by atoms with Gasteiger partial charge in [-0.15, -0.1) is 11.6 Å². The molecule has 0 N–H and O–H groups in total. The molecule has 6 heteroatoms. The standard InChI is InChI=1S/C14H25ClN2O3/c1-5-6-16(13(19)20-14(2,3)4)7-8-17-10-11(15)9-12(17)18/h11H,5-10H2,1-4H3. The molecule has 1 aliphatic heterocycles. The molecule has 1 fully saturated rings. The lowest BCUT2D eigenvalue weighted by atomic mass is 10.2. The van der Waals surface area contributed by atoms with Gasteiger partial charge in [0.2, 0.25) is 5.91 Å². The maximum Gasteiger partial charge on any atom is 0.410 e. The van der Waals surface area contributed by atoms with Crippen molar-refractivity contribution in [2.75, 3.05) is 26.2 Å². The first-order valence-corrected chi connectivity index (χ1v) is 7.56. The molecule has 1 heterocycles. The van der Waals surface area contributed by atoms with E-state index in [-0.39, 0.29) is 17.4 Å². The van der Waals surface area contributed by atoms with Crippen LogP contribution in [0.1, 0.15) is 40.5 Å². The molecule has 0 bridgehead atoms. The SMILES string of the molecule is CCCN(CCN1CC(Cl)CC1=O)C(=O)OC(C)(C)C. The third-order valence-electron chi connectivity index (χ3n) is 2.95. The van der Waals surface area contributed by atoms with Crippen molar-refractivity contribution in [3.8, 4) is 0 Å². The zero-order valence-corrected chi connectivity index (χ0v) is 13.6. The maximum absolute atomic E-state index is 12.1. The van der Waals surface area contributed by atoms with Gasteiger partial charge >= 0.3 is 6.09 Å². The minimum Gasteiger partial charge on any atom is -0.444 e. The Morgan fingerprint density at radius 2 is 2.10 bits per heavy atom. The molecule has 0 aliphatic carbocycles. The van der Waals surface area contributed by atoms with Crippen LogP contribution in [0.4, 0.5) is 4.79 Å². The van der Waals surface area contributed by atoms with Gasteiger partial charge in [-0.05, 0) is 27.2 Å². The van der Waals surface area contributed by atoms with E-state index in [0.29, 0.717) is 32.6 Å². The van der Waals surface area contributed by atoms with Crippen LogP contribution < -0.4 is 0 Å². The van der Waals surface area contributed by atoms with Gasteiger partial charge in [0.25, 0.3) is 0 Å². The lowest BCUT2D eigenvalue weighted by Crippen LogP contribution is -2.42. The van der Waals surface area contributed by atoms with E-state index in [1.54, 1.807) is 9.80 Å². The molecule has 0 aromatic carbocycles. The zero-order chi connectivity index (χ0) is 15.3. The Morgan fingerprint density at radius 3 is 2.55 bits per heavy atom. The minimum atomic E-state index is -0.506. The molecule has 1 unspecified atom stereocenters. The van der Waals surface area contributed by atoms with E-state index >= 15 is 0 Å². The fraction of sp³-hybridized carbons (Fsp3) is 0.857. The number of nitrogens with zero attached hydrogens (tertiary/aromatic N) is 2. The van der Waals surface area contributed by atoms with Gasteiger partial charge < -0.3 is 14.5 Å². The van der Waals surface area contributed by atoms with Crippen molar-refractivity contribution in [3.05, 3.63) is 0 Å². The molecule has 1 rings (SSSR count). The van der Waals surface area contributed by atoms with Crippen molar-refractivity contribution in [2.45, 2.75) is 51.5 Å². The van der Waals surface area contributed by atoms with Gasteiger partial charge in [-0.3, -0.25) is 4.79 Å². The second-order valence-electron chi connectivity index (χ2n) is 6.11. The van der Waals surface area contributed by atoms with Gasteiger partial charge in [-0.2, -0.15) is 0 Å². The highest BCUT2D eigenvalue weighted by molar-refractivity contribution is 6.22. The molecule has 20 heavy (non-hydrogen) atoms. The highest BCUT2D eigenvalue weighted by Crippen LogP contribution is 2.16. The van der Waals surface area contributed by atoms with Gasteiger partial charge in [0, 0.05) is 32.6 Å². The minimum absolute atomic E-state index is 0.0608. The van der Waals surface area contributed by atoms with Crippen molar-refractivity contribution in [1.29, 1.82) is 0 Å². The van der Waals surface area contributed by atoms with Crippen molar-refractivity contribution in [1.82, 2.24) is 9.80 Å². The van der Waals surface area contributed by atoms with Crippen LogP contribution in [0.5, 0.6) is 0 Å². The molecule has 0 saturated carbocycles. The number of carbonyl (C=O) groups excluding carboxylic acids is 2. The van der Waals surface area contributed by atoms with Crippen molar-refractivity contribution in [2.24, 2.45) is 0 Å². The third kappa shape index (κ3) is 5.57. The monoisotopic (exact) mass is 304 g/mol. The Hall–Kier alpha value is -0.970. The quantitative estimate of drug-likeness (QED) is 0.733. The summed E-state index contributed by atoms with van der Waals surface area (Å²) in [6.45, 7) is 9.73. The summed E-state index contributed by atoms with van der Waals surface area (Å²) >= 11 is 5.96. The second-order valence-corrected chi connectivity index (χ2v) is 6.73. The molecule has 1 aliphatic rings. The number of ether oxygens (including phenoxy) is 1. The van der Waals surface area contributed by atoms with E-state index in [1.807, 2.05) is 27.7 Å². The number of alkyl halides is 1. The van der Waals surface area contributed by atoms with Gasteiger partial charge in [0.15, 0.2) is 0 Å². The van der Waals surface area contributed by atoms with Crippen LogP contribution in [0.3, 0.4) is 0 Å². The predicted octanol–water partition coefficient (Wildman–Crippen LogP) is 2.47. The molecule has 1 atom stereocenters. The first-order valence-electron chi connectivity index (χ1n) is 7.12. The Balaban J connectivity index is 2.50. The third-order valence-corrected chi connectivity index (χ3v) is 3.24. The summed E-state index contributed by atoms with van der Waals surface area (Å²) < 4.78 is 5.37. The Kier molecular flexibility index (Phi) is 6.11. The van der Waals surface area contributed by atoms with Crippen LogP contribution in [0.15, 0.2) is 0 Å². The number of hydrogen-bond acceptors (Lipinski definition) is 3. The summed E-state index contributed by atoms with van der Waals surface area (Å²) in [5, 5.41) is -0.108. The average molecular weight is 305 g/mol. The van der Waals surface area contributed by atoms with E-state index in [9.17, 15) is 9.59 Å². The number of halogens is 1. The molecule has 0 spiro atoms. The topological polar surface area (TPSA) is 49.9 Å². The van der Waals surface area contributed by atoms with Crippen LogP contribution >= 0.6 is 11.6 Å². The Morgan fingerprint density at radius 1 is 1.45 bits per heavy atom.